The Balaban J connectivity index is 2.36. The van der Waals surface area contributed by atoms with Crippen molar-refractivity contribution in [2.75, 3.05) is 18.2 Å². The second kappa shape index (κ2) is 5.85. The fourth-order valence-electron chi connectivity index (χ4n) is 1.75. The quantitative estimate of drug-likeness (QED) is 0.772. The lowest BCUT2D eigenvalue weighted by molar-refractivity contribution is -0.138. The van der Waals surface area contributed by atoms with Crippen molar-refractivity contribution in [2.24, 2.45) is 0 Å². The largest absolute Gasteiger partial charge is 0.497 e. The van der Waals surface area contributed by atoms with Gasteiger partial charge >= 0.3 is 6.18 Å². The van der Waals surface area contributed by atoms with Gasteiger partial charge in [0.05, 0.1) is 24.0 Å². The summed E-state index contributed by atoms with van der Waals surface area (Å²) in [7, 11) is 1.50. The van der Waals surface area contributed by atoms with Crippen molar-refractivity contribution < 1.29 is 17.9 Å². The van der Waals surface area contributed by atoms with Gasteiger partial charge in [-0.1, -0.05) is 15.9 Å². The summed E-state index contributed by atoms with van der Waals surface area (Å²) < 4.78 is 43.6. The molecule has 2 rings (SSSR count). The number of methoxy groups -OCH3 is 1. The van der Waals surface area contributed by atoms with Gasteiger partial charge in [-0.25, -0.2) is 0 Å². The maximum atomic E-state index is 12.9. The summed E-state index contributed by atoms with van der Waals surface area (Å²) in [6.07, 6.45) is -4.43. The number of alkyl halides is 3. The van der Waals surface area contributed by atoms with Crippen molar-refractivity contribution in [3.05, 3.63) is 46.4 Å². The smallest absolute Gasteiger partial charge is 0.417 e. The average Bonchev–Trinajstić information content (AvgIpc) is 2.42. The van der Waals surface area contributed by atoms with Crippen LogP contribution >= 0.6 is 15.9 Å². The van der Waals surface area contributed by atoms with E-state index in [1.807, 2.05) is 0 Å². The number of hydrogen-bond acceptors (Lipinski definition) is 3. The molecule has 0 saturated heterocycles. The summed E-state index contributed by atoms with van der Waals surface area (Å²) in [4.78, 5) is 0. The summed E-state index contributed by atoms with van der Waals surface area (Å²) in [5.41, 5.74) is 6.21. The molecule has 7 heteroatoms. The van der Waals surface area contributed by atoms with Gasteiger partial charge in [-0.15, -0.1) is 0 Å². The molecule has 3 nitrogen and oxygen atoms in total. The molecule has 0 unspecified atom stereocenters. The lowest BCUT2D eigenvalue weighted by atomic mass is 10.2. The number of nitrogens with two attached hydrogens (primary N) is 1. The van der Waals surface area contributed by atoms with Crippen LogP contribution < -0.4 is 15.8 Å². The van der Waals surface area contributed by atoms with E-state index in [2.05, 4.69) is 21.2 Å². The molecule has 0 heterocycles. The van der Waals surface area contributed by atoms with Crippen LogP contribution in [0.3, 0.4) is 0 Å². The van der Waals surface area contributed by atoms with Crippen LogP contribution in [0.4, 0.5) is 30.2 Å². The zero-order valence-electron chi connectivity index (χ0n) is 11.0. The molecule has 0 radical (unpaired) electrons. The fraction of sp³-hybridized carbons (Fsp3) is 0.143. The third kappa shape index (κ3) is 3.60. The van der Waals surface area contributed by atoms with E-state index in [1.54, 1.807) is 18.2 Å². The topological polar surface area (TPSA) is 47.3 Å². The molecule has 112 valence electrons. The number of nitrogen functional groups attached to an aromatic ring is 1. The van der Waals surface area contributed by atoms with E-state index < -0.39 is 11.7 Å². The molecule has 2 aromatic carbocycles. The van der Waals surface area contributed by atoms with Crippen molar-refractivity contribution in [1.82, 2.24) is 0 Å². The highest BCUT2D eigenvalue weighted by Gasteiger charge is 2.33. The van der Waals surface area contributed by atoms with E-state index in [0.717, 1.165) is 6.07 Å². The van der Waals surface area contributed by atoms with Crippen molar-refractivity contribution in [2.45, 2.75) is 6.18 Å². The number of anilines is 3. The second-order valence-electron chi connectivity index (χ2n) is 4.27. The molecular weight excluding hydrogens is 349 g/mol. The highest BCUT2D eigenvalue weighted by atomic mass is 79.9. The summed E-state index contributed by atoms with van der Waals surface area (Å²) in [5, 5.41) is 2.86. The molecule has 0 aliphatic carbocycles. The third-order valence-electron chi connectivity index (χ3n) is 2.81. The Kier molecular flexibility index (Phi) is 4.32. The van der Waals surface area contributed by atoms with Gasteiger partial charge in [0.2, 0.25) is 0 Å². The maximum absolute atomic E-state index is 12.9. The maximum Gasteiger partial charge on any atom is 0.417 e. The average molecular weight is 361 g/mol. The number of hydrogen-bond donors (Lipinski definition) is 2. The first-order valence-corrected chi connectivity index (χ1v) is 6.68. The Bertz CT molecular complexity index is 659. The first kappa shape index (κ1) is 15.5. The Labute approximate surface area is 128 Å². The van der Waals surface area contributed by atoms with Crippen LogP contribution in [0.25, 0.3) is 0 Å². The predicted molar refractivity (Wildman–Crippen MR) is 79.8 cm³/mol. The third-order valence-corrected chi connectivity index (χ3v) is 3.50. The van der Waals surface area contributed by atoms with Gasteiger partial charge in [0.15, 0.2) is 0 Å². The van der Waals surface area contributed by atoms with Crippen LogP contribution in [0.15, 0.2) is 40.9 Å². The highest BCUT2D eigenvalue weighted by molar-refractivity contribution is 9.10. The molecule has 0 fully saturated rings. The van der Waals surface area contributed by atoms with Gasteiger partial charge in [-0.05, 0) is 30.3 Å². The standard InChI is InChI=1S/C14H12BrF3N2O/c1-21-9-3-5-12(19)13(7-9)20-8-2-4-11(15)10(6-8)14(16,17)18/h2-7,20H,19H2,1H3. The van der Waals surface area contributed by atoms with Crippen LogP contribution in [0.5, 0.6) is 5.75 Å². The molecule has 21 heavy (non-hydrogen) atoms. The van der Waals surface area contributed by atoms with E-state index in [0.29, 0.717) is 17.1 Å². The summed E-state index contributed by atoms with van der Waals surface area (Å²) in [6, 6.07) is 8.78. The molecule has 0 saturated carbocycles. The molecule has 2 aromatic rings. The van der Waals surface area contributed by atoms with Gasteiger partial charge in [-0.2, -0.15) is 13.2 Å². The summed E-state index contributed by atoms with van der Waals surface area (Å²) >= 11 is 2.90. The van der Waals surface area contributed by atoms with E-state index in [9.17, 15) is 13.2 Å². The molecule has 0 aliphatic heterocycles. The van der Waals surface area contributed by atoms with Crippen molar-refractivity contribution >= 4 is 33.0 Å². The number of nitrogens with one attached hydrogen (secondary N) is 1. The van der Waals surface area contributed by atoms with Gasteiger partial charge in [0.25, 0.3) is 0 Å². The lowest BCUT2D eigenvalue weighted by Gasteiger charge is -2.14. The molecular formula is C14H12BrF3N2O. The number of rotatable bonds is 3. The number of halogens is 4. The molecule has 0 spiro atoms. The Morgan fingerprint density at radius 1 is 1.14 bits per heavy atom. The minimum atomic E-state index is -4.43. The molecule has 0 atom stereocenters. The SMILES string of the molecule is COc1ccc(N)c(Nc2ccc(Br)c(C(F)(F)F)c2)c1. The van der Waals surface area contributed by atoms with Crippen molar-refractivity contribution in [3.8, 4) is 5.75 Å². The molecule has 0 bridgehead atoms. The lowest BCUT2D eigenvalue weighted by Crippen LogP contribution is -2.07. The molecule has 3 N–H and O–H groups in total. The predicted octanol–water partition coefficient (Wildman–Crippen LogP) is 4.80. The van der Waals surface area contributed by atoms with Gasteiger partial charge in [0.1, 0.15) is 5.75 Å². The van der Waals surface area contributed by atoms with Crippen LogP contribution in [0, 0.1) is 0 Å². The summed E-state index contributed by atoms with van der Waals surface area (Å²) in [6.45, 7) is 0. The molecule has 0 aliphatic rings. The van der Waals surface area contributed by atoms with Crippen LogP contribution in [0.2, 0.25) is 0 Å². The van der Waals surface area contributed by atoms with Crippen LogP contribution in [-0.4, -0.2) is 7.11 Å². The van der Waals surface area contributed by atoms with Gasteiger partial charge < -0.3 is 15.8 Å². The van der Waals surface area contributed by atoms with Crippen molar-refractivity contribution in [3.63, 3.8) is 0 Å². The van der Waals surface area contributed by atoms with E-state index in [-0.39, 0.29) is 10.2 Å². The van der Waals surface area contributed by atoms with E-state index >= 15 is 0 Å². The van der Waals surface area contributed by atoms with E-state index in [1.165, 1.54) is 19.2 Å². The number of benzene rings is 2. The minimum Gasteiger partial charge on any atom is -0.497 e. The molecule has 0 amide bonds. The van der Waals surface area contributed by atoms with Gasteiger partial charge in [0, 0.05) is 16.2 Å². The van der Waals surface area contributed by atoms with Crippen LogP contribution in [0.1, 0.15) is 5.56 Å². The van der Waals surface area contributed by atoms with E-state index in [4.69, 9.17) is 10.5 Å². The summed E-state index contributed by atoms with van der Waals surface area (Å²) in [5.74, 6) is 0.555. The Morgan fingerprint density at radius 3 is 2.48 bits per heavy atom. The monoisotopic (exact) mass is 360 g/mol. The van der Waals surface area contributed by atoms with Crippen LogP contribution in [-0.2, 0) is 6.18 Å². The minimum absolute atomic E-state index is 0.0147. The zero-order valence-corrected chi connectivity index (χ0v) is 12.5. The normalized spacial score (nSPS) is 11.3. The fourth-order valence-corrected chi connectivity index (χ4v) is 2.22. The Morgan fingerprint density at radius 2 is 1.86 bits per heavy atom. The zero-order chi connectivity index (χ0) is 15.6. The molecule has 0 aromatic heterocycles. The Hall–Kier alpha value is -1.89. The van der Waals surface area contributed by atoms with Crippen molar-refractivity contribution in [1.29, 1.82) is 0 Å². The van der Waals surface area contributed by atoms with Gasteiger partial charge in [-0.3, -0.25) is 0 Å². The second-order valence-corrected chi connectivity index (χ2v) is 5.12. The number of ether oxygens (including phenoxy) is 1. The highest BCUT2D eigenvalue weighted by Crippen LogP contribution is 2.37. The first-order valence-electron chi connectivity index (χ1n) is 5.88. The first-order chi connectivity index (χ1) is 9.81.